The summed E-state index contributed by atoms with van der Waals surface area (Å²) < 4.78 is 71.8. The topological polar surface area (TPSA) is 255 Å². The van der Waals surface area contributed by atoms with Gasteiger partial charge in [0.25, 0.3) is 11.8 Å². The molecule has 0 bridgehead atoms. The zero-order chi connectivity index (χ0) is 69.6. The third-order valence-electron chi connectivity index (χ3n) is 16.4. The number of rotatable bonds is 29. The van der Waals surface area contributed by atoms with Crippen molar-refractivity contribution in [2.24, 2.45) is 10.8 Å². The first-order valence-corrected chi connectivity index (χ1v) is 32.0. The predicted molar refractivity (Wildman–Crippen MR) is 341 cm³/mol. The molecule has 0 spiro atoms. The average molecular weight is 1300 g/mol. The Balaban J connectivity index is 1.72. The van der Waals surface area contributed by atoms with Gasteiger partial charge in [0.05, 0.1) is 0 Å². The number of aliphatic hydroxyl groups excluding tert-OH is 1. The minimum Gasteiger partial charge on any atom is -0.479 e. The van der Waals surface area contributed by atoms with Crippen LogP contribution in [0.15, 0.2) is 48.5 Å². The molecule has 2 N–H and O–H groups in total. The quantitative estimate of drug-likeness (QED) is 0.0436. The summed E-state index contributed by atoms with van der Waals surface area (Å²) in [7, 11) is 5.18. The lowest BCUT2D eigenvalue weighted by Gasteiger charge is -2.39. The van der Waals surface area contributed by atoms with Gasteiger partial charge in [-0.05, 0) is 153 Å². The van der Waals surface area contributed by atoms with E-state index >= 15 is 8.78 Å². The summed E-state index contributed by atoms with van der Waals surface area (Å²) >= 11 is 0. The van der Waals surface area contributed by atoms with Crippen molar-refractivity contribution >= 4 is 47.8 Å². The van der Waals surface area contributed by atoms with Crippen LogP contribution >= 0.6 is 0 Å². The van der Waals surface area contributed by atoms with Crippen LogP contribution in [0.25, 0.3) is 0 Å². The molecule has 0 saturated carbocycles. The van der Waals surface area contributed by atoms with E-state index < -0.39 is 143 Å². The van der Waals surface area contributed by atoms with Gasteiger partial charge in [0.15, 0.2) is 18.3 Å². The number of aliphatic hydroxyl groups is 1. The van der Waals surface area contributed by atoms with E-state index in [1.54, 1.807) is 53.7 Å². The largest absolute Gasteiger partial charge is 0.479 e. The Morgan fingerprint density at radius 1 is 0.511 bits per heavy atom. The van der Waals surface area contributed by atoms with E-state index in [2.05, 4.69) is 0 Å². The number of alkyl halides is 2. The number of hydrogen-bond acceptors (Lipinski definition) is 17. The van der Waals surface area contributed by atoms with E-state index in [1.807, 2.05) is 57.2 Å². The number of likely N-dealkylation sites (N-methyl/N-ethyl adjacent to an activating group) is 4. The van der Waals surface area contributed by atoms with Gasteiger partial charge in [-0.3, -0.25) is 24.2 Å². The lowest BCUT2D eigenvalue weighted by molar-refractivity contribution is -0.181. The molecule has 2 aromatic rings. The molecule has 2 fully saturated rings. The molecule has 518 valence electrons. The van der Waals surface area contributed by atoms with Crippen molar-refractivity contribution in [1.82, 2.24) is 19.6 Å². The van der Waals surface area contributed by atoms with E-state index in [4.69, 9.17) is 33.2 Å². The number of hydrogen-bond donors (Lipinski definition) is 2. The molecule has 2 aromatic carbocycles. The van der Waals surface area contributed by atoms with Crippen LogP contribution in [0.3, 0.4) is 0 Å². The Morgan fingerprint density at radius 2 is 0.880 bits per heavy atom. The third kappa shape index (κ3) is 25.2. The molecule has 2 aliphatic heterocycles. The van der Waals surface area contributed by atoms with Crippen LogP contribution < -0.4 is 0 Å². The number of carbonyl (C=O) groups excluding carboxylic acids is 7. The number of ether oxygens (including phenoxy) is 7. The summed E-state index contributed by atoms with van der Waals surface area (Å²) in [6.45, 7) is 25.5. The van der Waals surface area contributed by atoms with Gasteiger partial charge >= 0.3 is 35.9 Å². The van der Waals surface area contributed by atoms with E-state index in [0.717, 1.165) is 51.5 Å². The second-order valence-electron chi connectivity index (χ2n) is 29.6. The van der Waals surface area contributed by atoms with Crippen molar-refractivity contribution in [2.75, 3.05) is 54.6 Å². The minimum atomic E-state index is -2.16. The summed E-state index contributed by atoms with van der Waals surface area (Å²) in [6.07, 6.45) is -7.52. The molecule has 0 aliphatic carbocycles. The minimum absolute atomic E-state index is 0.00560. The van der Waals surface area contributed by atoms with Crippen molar-refractivity contribution in [3.8, 4) is 0 Å². The predicted octanol–water partition coefficient (Wildman–Crippen LogP) is 9.69. The molecule has 3 amide bonds. The maximum atomic E-state index is 16.1. The van der Waals surface area contributed by atoms with Gasteiger partial charge in [0, 0.05) is 73.3 Å². The van der Waals surface area contributed by atoms with E-state index in [-0.39, 0.29) is 37.5 Å². The zero-order valence-corrected chi connectivity index (χ0v) is 57.9. The summed E-state index contributed by atoms with van der Waals surface area (Å²) in [6, 6.07) is 8.89. The molecule has 4 rings (SSSR count). The van der Waals surface area contributed by atoms with Crippen LogP contribution in [0, 0.1) is 10.8 Å². The van der Waals surface area contributed by atoms with Crippen molar-refractivity contribution in [1.29, 1.82) is 0 Å². The molecule has 1 unspecified atom stereocenters. The number of nitrogens with zero attached hydrogens (tertiary/aromatic N) is 4. The maximum absolute atomic E-state index is 16.1. The number of carboxylic acid groups (broad SMARTS) is 1. The molecule has 0 radical (unpaired) electrons. The van der Waals surface area contributed by atoms with Gasteiger partial charge in [-0.2, -0.15) is 0 Å². The van der Waals surface area contributed by atoms with Crippen LogP contribution in [0.2, 0.25) is 0 Å². The van der Waals surface area contributed by atoms with Gasteiger partial charge in [-0.25, -0.2) is 32.8 Å². The van der Waals surface area contributed by atoms with Gasteiger partial charge < -0.3 is 53.2 Å². The van der Waals surface area contributed by atoms with E-state index in [1.165, 1.54) is 74.6 Å². The molecule has 0 aromatic heterocycles. The highest BCUT2D eigenvalue weighted by molar-refractivity contribution is 5.92. The first kappa shape index (κ1) is 78.1. The fourth-order valence-electron chi connectivity index (χ4n) is 11.1. The van der Waals surface area contributed by atoms with Crippen LogP contribution in [0.5, 0.6) is 0 Å². The Labute approximate surface area is 543 Å². The summed E-state index contributed by atoms with van der Waals surface area (Å²) in [5.41, 5.74) is -3.19. The van der Waals surface area contributed by atoms with Crippen molar-refractivity contribution in [3.05, 3.63) is 70.8 Å². The monoisotopic (exact) mass is 1300 g/mol. The molecule has 2 saturated heterocycles. The van der Waals surface area contributed by atoms with Gasteiger partial charge in [0.2, 0.25) is 0 Å². The van der Waals surface area contributed by atoms with Gasteiger partial charge in [-0.1, -0.05) is 90.1 Å². The molecule has 9 atom stereocenters. The van der Waals surface area contributed by atoms with Crippen LogP contribution in [-0.4, -0.2) is 204 Å². The highest BCUT2D eigenvalue weighted by Crippen LogP contribution is 2.33. The van der Waals surface area contributed by atoms with Crippen LogP contribution in [-0.2, 0) is 79.6 Å². The Kier molecular flexibility index (Phi) is 28.2. The second kappa shape index (κ2) is 33.2. The van der Waals surface area contributed by atoms with E-state index in [9.17, 15) is 48.6 Å². The molecule has 23 heteroatoms. The third-order valence-corrected chi connectivity index (χ3v) is 16.4. The number of aliphatic carboxylic acids is 1. The molecule has 92 heavy (non-hydrogen) atoms. The summed E-state index contributed by atoms with van der Waals surface area (Å²) in [5, 5.41) is 22.1. The zero-order valence-electron chi connectivity index (χ0n) is 57.9. The maximum Gasteiger partial charge on any atom is 0.410 e. The van der Waals surface area contributed by atoms with E-state index in [0.29, 0.717) is 37.6 Å². The smallest absolute Gasteiger partial charge is 0.410 e. The Bertz CT molecular complexity index is 2770. The first-order chi connectivity index (χ1) is 42.3. The number of benzene rings is 2. The standard InChI is InChI=1S/C69H106F2N4O17/c1-42(56(76)72(16)52(40-68(12,13)70)62(83)90-54(36-44-20-24-46(25-21-44)48-28-32-86-33-29-48)57(77)74(18)51(39-66(6,7)8)61(82)89-43(2)59(79)80)88-60(81)50(38-65(3,4)5)73(17)58(78)55(37-45-22-26-47(27-23-45)49-30-34-87-35-31-49)91-63(84)53(41-69(14,15)71)75(19)64(85)92-67(9,10)11/h20-27,42-43,48-55,58,78H,28-41H2,1-19H3,(H,79,80)/t42-,43-,50+,51+,52+,53+,54-,55-,58?/m1/s1. The average Bonchev–Trinajstić information content (AvgIpc) is 0.892. The number of carboxylic acids is 1. The fourth-order valence-corrected chi connectivity index (χ4v) is 11.1. The fraction of sp³-hybridized carbons (Fsp3) is 0.710. The Morgan fingerprint density at radius 3 is 1.30 bits per heavy atom. The first-order valence-electron chi connectivity index (χ1n) is 32.0. The molecular weight excluding hydrogens is 1190 g/mol. The lowest BCUT2D eigenvalue weighted by Crippen LogP contribution is -2.56. The summed E-state index contributed by atoms with van der Waals surface area (Å²) in [5.74, 6) is -7.14. The summed E-state index contributed by atoms with van der Waals surface area (Å²) in [4.78, 5) is 117. The SMILES string of the molecule is C[C@@H](OC(=O)[C@H](CC(C)(C)C)N(C)C(=O)[C@@H](Cc1ccc(C2CCOCC2)cc1)OC(=O)[C@H](CC(C)(C)F)N(C)C(=O)[C@@H](C)OC(=O)[C@H](CC(C)(C)C)N(C)C(O)[C@@H](Cc1ccc(C2CCOCC2)cc1)OC(=O)[C@H](CC(C)(C)F)N(C)C(=O)OC(C)(C)C)C(=O)O. The highest BCUT2D eigenvalue weighted by Gasteiger charge is 2.45. The number of carbonyl (C=O) groups is 8. The number of amides is 3. The van der Waals surface area contributed by atoms with Crippen LogP contribution in [0.4, 0.5) is 13.6 Å². The van der Waals surface area contributed by atoms with Crippen molar-refractivity contribution in [2.45, 2.75) is 252 Å². The molecule has 21 nitrogen and oxygen atoms in total. The van der Waals surface area contributed by atoms with Crippen molar-refractivity contribution in [3.63, 3.8) is 0 Å². The van der Waals surface area contributed by atoms with Crippen molar-refractivity contribution < 1.29 is 90.5 Å². The number of esters is 4. The highest BCUT2D eigenvalue weighted by atomic mass is 19.1. The lowest BCUT2D eigenvalue weighted by atomic mass is 9.87. The molecule has 2 heterocycles. The second-order valence-corrected chi connectivity index (χ2v) is 29.6. The van der Waals surface area contributed by atoms with Gasteiger partial charge in [0.1, 0.15) is 53.4 Å². The van der Waals surface area contributed by atoms with Crippen LogP contribution in [0.1, 0.15) is 189 Å². The molecule has 2 aliphatic rings. The van der Waals surface area contributed by atoms with Gasteiger partial charge in [-0.15, -0.1) is 0 Å². The number of halogens is 2. The Hall–Kier alpha value is -6.30. The molecular formula is C69H106F2N4O17. The normalized spacial score (nSPS) is 17.7.